The molecular weight excluding hydrogens is 486 g/mol. The summed E-state index contributed by atoms with van der Waals surface area (Å²) in [6, 6.07) is -1.73. The van der Waals surface area contributed by atoms with Crippen LogP contribution in [0.5, 0.6) is 0 Å². The predicted octanol–water partition coefficient (Wildman–Crippen LogP) is 1.25. The molecule has 0 aromatic heterocycles. The van der Waals surface area contributed by atoms with Gasteiger partial charge in [0.05, 0.1) is 0 Å². The number of carbonyl (C=O) groups excluding carboxylic acids is 3. The van der Waals surface area contributed by atoms with Crippen LogP contribution in [0.25, 0.3) is 0 Å². The summed E-state index contributed by atoms with van der Waals surface area (Å²) < 4.78 is 0. The van der Waals surface area contributed by atoms with Gasteiger partial charge in [-0.2, -0.15) is 0 Å². The highest BCUT2D eigenvalue weighted by Gasteiger charge is 2.25. The van der Waals surface area contributed by atoms with Crippen LogP contribution in [0.3, 0.4) is 0 Å². The largest absolute Gasteiger partial charge is 0.370 e. The number of nitrogens with one attached hydrogen (secondary N) is 2. The van der Waals surface area contributed by atoms with E-state index >= 15 is 0 Å². The van der Waals surface area contributed by atoms with Crippen LogP contribution in [0.1, 0.15) is 110 Å². The van der Waals surface area contributed by atoms with Crippen LogP contribution >= 0.6 is 0 Å². The predicted molar refractivity (Wildman–Crippen MR) is 154 cm³/mol. The normalized spacial score (nSPS) is 12.2. The van der Waals surface area contributed by atoms with Gasteiger partial charge in [0.2, 0.25) is 17.7 Å². The van der Waals surface area contributed by atoms with Gasteiger partial charge in [0.15, 0.2) is 11.9 Å². The Morgan fingerprint density at radius 2 is 1.05 bits per heavy atom. The topological polar surface area (TPSA) is 230 Å². The van der Waals surface area contributed by atoms with Crippen molar-refractivity contribution in [1.29, 1.82) is 0 Å². The summed E-state index contributed by atoms with van der Waals surface area (Å²) in [5.41, 5.74) is 26.8. The zero-order valence-corrected chi connectivity index (χ0v) is 23.4. The number of nitrogens with two attached hydrogens (primary N) is 5. The van der Waals surface area contributed by atoms with Crippen LogP contribution in [-0.4, -0.2) is 54.8 Å². The minimum atomic E-state index is -0.902. The van der Waals surface area contributed by atoms with Crippen molar-refractivity contribution in [3.63, 3.8) is 0 Å². The average molecular weight is 540 g/mol. The van der Waals surface area contributed by atoms with Gasteiger partial charge in [0.25, 0.3) is 0 Å². The van der Waals surface area contributed by atoms with E-state index < -0.39 is 23.9 Å². The van der Waals surface area contributed by atoms with Crippen molar-refractivity contribution >= 4 is 29.6 Å². The fourth-order valence-corrected chi connectivity index (χ4v) is 4.05. The Morgan fingerprint density at radius 1 is 0.605 bits per heavy atom. The molecule has 0 aliphatic rings. The third-order valence-electron chi connectivity index (χ3n) is 6.21. The molecule has 0 saturated heterocycles. The van der Waals surface area contributed by atoms with Crippen molar-refractivity contribution in [2.45, 2.75) is 122 Å². The Morgan fingerprint density at radius 3 is 1.50 bits per heavy atom. The molecular formula is C26H53N9O3. The summed E-state index contributed by atoms with van der Waals surface area (Å²) in [7, 11) is 0. The van der Waals surface area contributed by atoms with Gasteiger partial charge in [-0.25, -0.2) is 0 Å². The van der Waals surface area contributed by atoms with E-state index in [1.165, 1.54) is 51.4 Å². The number of hydrogen-bond donors (Lipinski definition) is 7. The molecule has 0 bridgehead atoms. The molecule has 0 heterocycles. The Labute approximate surface area is 228 Å². The number of nitrogens with zero attached hydrogens (tertiary/aromatic N) is 2. The van der Waals surface area contributed by atoms with E-state index in [4.69, 9.17) is 28.7 Å². The molecule has 0 unspecified atom stereocenters. The summed E-state index contributed by atoms with van der Waals surface area (Å²) in [6.07, 6.45) is 15.0. The molecule has 220 valence electrons. The smallest absolute Gasteiger partial charge is 0.243 e. The summed E-state index contributed by atoms with van der Waals surface area (Å²) in [5.74, 6) is -1.44. The van der Waals surface area contributed by atoms with Crippen molar-refractivity contribution in [2.75, 3.05) is 13.1 Å². The lowest BCUT2D eigenvalue weighted by Crippen LogP contribution is -2.53. The molecule has 0 aliphatic heterocycles. The van der Waals surface area contributed by atoms with E-state index in [-0.39, 0.29) is 24.2 Å². The van der Waals surface area contributed by atoms with Gasteiger partial charge in [-0.1, -0.05) is 71.1 Å². The fraction of sp³-hybridized carbons (Fsp3) is 0.808. The van der Waals surface area contributed by atoms with Gasteiger partial charge in [0.1, 0.15) is 12.1 Å². The number of rotatable bonds is 24. The molecule has 0 aliphatic carbocycles. The second kappa shape index (κ2) is 23.1. The molecule has 0 aromatic rings. The maximum Gasteiger partial charge on any atom is 0.243 e. The van der Waals surface area contributed by atoms with Gasteiger partial charge in [-0.05, 0) is 32.1 Å². The van der Waals surface area contributed by atoms with Gasteiger partial charge in [0, 0.05) is 19.5 Å². The molecule has 0 fully saturated rings. The van der Waals surface area contributed by atoms with Crippen LogP contribution in [0.15, 0.2) is 9.98 Å². The van der Waals surface area contributed by atoms with Crippen molar-refractivity contribution in [3.05, 3.63) is 0 Å². The Bertz CT molecular complexity index is 721. The number of guanidine groups is 2. The number of amides is 3. The molecule has 0 radical (unpaired) electrons. The Balaban J connectivity index is 4.59. The summed E-state index contributed by atoms with van der Waals surface area (Å²) in [6.45, 7) is 2.85. The Kier molecular flexibility index (Phi) is 21.2. The highest BCUT2D eigenvalue weighted by atomic mass is 16.2. The van der Waals surface area contributed by atoms with Gasteiger partial charge in [-0.15, -0.1) is 0 Å². The molecule has 12 nitrogen and oxygen atoms in total. The third-order valence-corrected chi connectivity index (χ3v) is 6.21. The van der Waals surface area contributed by atoms with Gasteiger partial charge < -0.3 is 39.3 Å². The second-order valence-corrected chi connectivity index (χ2v) is 9.77. The van der Waals surface area contributed by atoms with E-state index in [1.807, 2.05) is 0 Å². The lowest BCUT2D eigenvalue weighted by Gasteiger charge is -2.22. The number of unbranched alkanes of at least 4 members (excludes halogenated alkanes) is 10. The number of primary amides is 1. The highest BCUT2D eigenvalue weighted by Crippen LogP contribution is 2.12. The monoisotopic (exact) mass is 539 g/mol. The van der Waals surface area contributed by atoms with E-state index in [2.05, 4.69) is 27.5 Å². The molecule has 0 spiro atoms. The lowest BCUT2D eigenvalue weighted by atomic mass is 10.0. The molecule has 12 N–H and O–H groups in total. The first kappa shape index (κ1) is 35.0. The molecule has 0 saturated carbocycles. The summed E-state index contributed by atoms with van der Waals surface area (Å²) >= 11 is 0. The van der Waals surface area contributed by atoms with E-state index in [0.29, 0.717) is 38.8 Å². The number of carbonyl (C=O) groups is 3. The zero-order chi connectivity index (χ0) is 28.6. The quantitative estimate of drug-likeness (QED) is 0.0538. The summed E-state index contributed by atoms with van der Waals surface area (Å²) in [4.78, 5) is 45.1. The van der Waals surface area contributed by atoms with Crippen LogP contribution in [0, 0.1) is 0 Å². The van der Waals surface area contributed by atoms with Crippen LogP contribution in [-0.2, 0) is 14.4 Å². The van der Waals surface area contributed by atoms with E-state index in [9.17, 15) is 14.4 Å². The number of hydrogen-bond acceptors (Lipinski definition) is 5. The molecule has 38 heavy (non-hydrogen) atoms. The number of aliphatic imine (C=N–C) groups is 2. The first-order valence-electron chi connectivity index (χ1n) is 14.2. The molecule has 12 heteroatoms. The first-order valence-corrected chi connectivity index (χ1v) is 14.2. The van der Waals surface area contributed by atoms with Gasteiger partial charge in [-0.3, -0.25) is 24.4 Å². The van der Waals surface area contributed by atoms with E-state index in [0.717, 1.165) is 19.3 Å². The SMILES string of the molecule is CCCCCCCCCCCCCC(=O)N[C@@H](CCCN=C(N)N)C(=O)N[C@@H](CCCN=C(N)N)C(N)=O. The lowest BCUT2D eigenvalue weighted by molar-refractivity contribution is -0.131. The average Bonchev–Trinajstić information content (AvgIpc) is 2.85. The first-order chi connectivity index (χ1) is 18.2. The van der Waals surface area contributed by atoms with Gasteiger partial charge >= 0.3 is 0 Å². The maximum absolute atomic E-state index is 12.9. The standard InChI is InChI=1S/C26H53N9O3/c1-2-3-4-5-6-7-8-9-10-11-12-17-22(36)34-21(16-14-19-33-26(30)31)24(38)35-20(23(27)37)15-13-18-32-25(28)29/h20-21H,2-19H2,1H3,(H2,27,37)(H,34,36)(H,35,38)(H4,28,29,32)(H4,30,31,33)/t20-,21-/m0/s1. The maximum atomic E-state index is 12.9. The van der Waals surface area contributed by atoms with Crippen LogP contribution < -0.4 is 39.3 Å². The molecule has 3 amide bonds. The zero-order valence-electron chi connectivity index (χ0n) is 23.4. The van der Waals surface area contributed by atoms with Crippen LogP contribution in [0.2, 0.25) is 0 Å². The summed E-state index contributed by atoms with van der Waals surface area (Å²) in [5, 5.41) is 5.45. The van der Waals surface area contributed by atoms with Crippen molar-refractivity contribution in [3.8, 4) is 0 Å². The van der Waals surface area contributed by atoms with Crippen molar-refractivity contribution in [1.82, 2.24) is 10.6 Å². The second-order valence-electron chi connectivity index (χ2n) is 9.77. The van der Waals surface area contributed by atoms with Crippen molar-refractivity contribution < 1.29 is 14.4 Å². The molecule has 0 rings (SSSR count). The van der Waals surface area contributed by atoms with Crippen molar-refractivity contribution in [2.24, 2.45) is 38.7 Å². The minimum absolute atomic E-state index is 0.0407. The molecule has 0 aromatic carbocycles. The Hall–Kier alpha value is -3.05. The highest BCUT2D eigenvalue weighted by molar-refractivity contribution is 5.91. The van der Waals surface area contributed by atoms with E-state index in [1.54, 1.807) is 0 Å². The minimum Gasteiger partial charge on any atom is -0.370 e. The van der Waals surface area contributed by atoms with Crippen LogP contribution in [0.4, 0.5) is 0 Å². The molecule has 2 atom stereocenters. The third kappa shape index (κ3) is 21.1. The fourth-order valence-electron chi connectivity index (χ4n) is 4.05.